The van der Waals surface area contributed by atoms with Crippen molar-refractivity contribution in [1.82, 2.24) is 9.97 Å². The fraction of sp³-hybridized carbons (Fsp3) is 0.231. The van der Waals surface area contributed by atoms with Crippen LogP contribution in [0.15, 0.2) is 36.8 Å². The lowest BCUT2D eigenvalue weighted by Gasteiger charge is -2.27. The molecule has 3 rings (SSSR count). The Morgan fingerprint density at radius 3 is 2.78 bits per heavy atom. The highest BCUT2D eigenvalue weighted by Gasteiger charge is 2.21. The van der Waals surface area contributed by atoms with Gasteiger partial charge in [0.1, 0.15) is 18.2 Å². The molecular weight excluding hydrogens is 252 g/mol. The van der Waals surface area contributed by atoms with Crippen LogP contribution in [0.3, 0.4) is 0 Å². The van der Waals surface area contributed by atoms with E-state index in [-0.39, 0.29) is 6.10 Å². The zero-order chi connectivity index (χ0) is 12.4. The van der Waals surface area contributed by atoms with Crippen molar-refractivity contribution in [2.45, 2.75) is 6.10 Å². The summed E-state index contributed by atoms with van der Waals surface area (Å²) in [6, 6.07) is 7.48. The van der Waals surface area contributed by atoms with Crippen LogP contribution < -0.4 is 4.74 Å². The van der Waals surface area contributed by atoms with Gasteiger partial charge >= 0.3 is 0 Å². The molecule has 1 aromatic heterocycles. The molecule has 2 heterocycles. The van der Waals surface area contributed by atoms with Crippen molar-refractivity contribution in [3.63, 3.8) is 0 Å². The number of benzene rings is 1. The van der Waals surface area contributed by atoms with Gasteiger partial charge in [0.15, 0.2) is 0 Å². The lowest BCUT2D eigenvalue weighted by Crippen LogP contribution is -2.38. The maximum absolute atomic E-state index is 6.20. The van der Waals surface area contributed by atoms with Gasteiger partial charge in [-0.15, -0.1) is 0 Å². The van der Waals surface area contributed by atoms with E-state index >= 15 is 0 Å². The number of hydrogen-bond acceptors (Lipinski definition) is 4. The van der Waals surface area contributed by atoms with E-state index in [0.29, 0.717) is 24.0 Å². The minimum Gasteiger partial charge on any atom is -0.484 e. The number of nitrogens with zero attached hydrogens (tertiary/aromatic N) is 2. The molecule has 0 radical (unpaired) electrons. The maximum atomic E-state index is 6.20. The second-order valence-corrected chi connectivity index (χ2v) is 4.42. The first kappa shape index (κ1) is 11.4. The van der Waals surface area contributed by atoms with E-state index in [1.165, 1.54) is 6.33 Å². The highest BCUT2D eigenvalue weighted by Crippen LogP contribution is 2.30. The van der Waals surface area contributed by atoms with Gasteiger partial charge < -0.3 is 9.47 Å². The van der Waals surface area contributed by atoms with E-state index < -0.39 is 0 Å². The number of rotatable bonds is 3. The molecule has 2 aromatic rings. The van der Waals surface area contributed by atoms with Crippen LogP contribution in [-0.2, 0) is 4.74 Å². The van der Waals surface area contributed by atoms with E-state index in [9.17, 15) is 0 Å². The van der Waals surface area contributed by atoms with Gasteiger partial charge in [0, 0.05) is 11.8 Å². The van der Waals surface area contributed by atoms with Crippen LogP contribution in [0.2, 0.25) is 5.02 Å². The van der Waals surface area contributed by atoms with Gasteiger partial charge in [-0.1, -0.05) is 11.6 Å². The minimum absolute atomic E-state index is 0.118. The van der Waals surface area contributed by atoms with Gasteiger partial charge in [-0.25, -0.2) is 9.97 Å². The lowest BCUT2D eigenvalue weighted by atomic mass is 10.1. The third kappa shape index (κ3) is 2.30. The molecule has 1 saturated heterocycles. The van der Waals surface area contributed by atoms with Gasteiger partial charge in [0.2, 0.25) is 0 Å². The van der Waals surface area contributed by atoms with Gasteiger partial charge in [0.05, 0.1) is 23.9 Å². The van der Waals surface area contributed by atoms with E-state index in [1.54, 1.807) is 6.20 Å². The molecule has 18 heavy (non-hydrogen) atoms. The standard InChI is InChI=1S/C13H11ClN2O2/c14-11-5-9(12-3-4-15-8-16-12)1-2-13(11)18-10-6-17-7-10/h1-5,8,10H,6-7H2. The van der Waals surface area contributed by atoms with Crippen molar-refractivity contribution in [3.05, 3.63) is 41.8 Å². The number of hydrogen-bond donors (Lipinski definition) is 0. The maximum Gasteiger partial charge on any atom is 0.145 e. The smallest absolute Gasteiger partial charge is 0.145 e. The fourth-order valence-electron chi connectivity index (χ4n) is 1.68. The molecule has 0 saturated carbocycles. The summed E-state index contributed by atoms with van der Waals surface area (Å²) in [7, 11) is 0. The molecule has 4 nitrogen and oxygen atoms in total. The molecule has 0 bridgehead atoms. The second-order valence-electron chi connectivity index (χ2n) is 4.02. The normalized spacial score (nSPS) is 15.2. The molecule has 0 spiro atoms. The summed E-state index contributed by atoms with van der Waals surface area (Å²) in [5.41, 5.74) is 1.78. The van der Waals surface area contributed by atoms with Crippen LogP contribution in [0.5, 0.6) is 5.75 Å². The first-order valence-corrected chi connectivity index (χ1v) is 6.01. The fourth-order valence-corrected chi connectivity index (χ4v) is 1.90. The minimum atomic E-state index is 0.118. The average molecular weight is 263 g/mol. The van der Waals surface area contributed by atoms with Crippen molar-refractivity contribution in [2.75, 3.05) is 13.2 Å². The SMILES string of the molecule is Clc1cc(-c2ccncn2)ccc1OC1COC1. The molecule has 0 N–H and O–H groups in total. The lowest BCUT2D eigenvalue weighted by molar-refractivity contribution is -0.0796. The Hall–Kier alpha value is -1.65. The van der Waals surface area contributed by atoms with E-state index in [2.05, 4.69) is 9.97 Å². The Morgan fingerprint density at radius 1 is 1.28 bits per heavy atom. The third-order valence-electron chi connectivity index (χ3n) is 2.71. The quantitative estimate of drug-likeness (QED) is 0.853. The largest absolute Gasteiger partial charge is 0.484 e. The molecular formula is C13H11ClN2O2. The van der Waals surface area contributed by atoms with E-state index in [1.807, 2.05) is 24.3 Å². The van der Waals surface area contributed by atoms with Crippen LogP contribution in [0, 0.1) is 0 Å². The predicted molar refractivity (Wildman–Crippen MR) is 67.7 cm³/mol. The molecule has 1 aliphatic rings. The van der Waals surface area contributed by atoms with Crippen LogP contribution >= 0.6 is 11.6 Å². The number of ether oxygens (including phenoxy) is 2. The molecule has 0 unspecified atom stereocenters. The van der Waals surface area contributed by atoms with Crippen LogP contribution in [0.4, 0.5) is 0 Å². The molecule has 5 heteroatoms. The summed E-state index contributed by atoms with van der Waals surface area (Å²) in [6.45, 7) is 1.26. The summed E-state index contributed by atoms with van der Waals surface area (Å²) in [4.78, 5) is 8.06. The van der Waals surface area contributed by atoms with Gasteiger partial charge in [-0.2, -0.15) is 0 Å². The first-order chi connectivity index (χ1) is 8.83. The summed E-state index contributed by atoms with van der Waals surface area (Å²) in [6.07, 6.45) is 3.33. The molecule has 92 valence electrons. The molecule has 1 aliphatic heterocycles. The Labute approximate surface area is 110 Å². The summed E-state index contributed by atoms with van der Waals surface area (Å²) >= 11 is 6.20. The number of aromatic nitrogens is 2. The van der Waals surface area contributed by atoms with Gasteiger partial charge in [-0.3, -0.25) is 0 Å². The van der Waals surface area contributed by atoms with Crippen molar-refractivity contribution < 1.29 is 9.47 Å². The predicted octanol–water partition coefficient (Wildman–Crippen LogP) is 2.57. The molecule has 0 aliphatic carbocycles. The zero-order valence-electron chi connectivity index (χ0n) is 9.54. The molecule has 0 atom stereocenters. The Balaban J connectivity index is 1.84. The van der Waals surface area contributed by atoms with Crippen molar-refractivity contribution in [2.24, 2.45) is 0 Å². The highest BCUT2D eigenvalue weighted by molar-refractivity contribution is 6.32. The molecule has 0 amide bonds. The van der Waals surface area contributed by atoms with Crippen LogP contribution in [-0.4, -0.2) is 29.3 Å². The topological polar surface area (TPSA) is 44.2 Å². The highest BCUT2D eigenvalue weighted by atomic mass is 35.5. The summed E-state index contributed by atoms with van der Waals surface area (Å²) in [5, 5.41) is 0.581. The van der Waals surface area contributed by atoms with Crippen LogP contribution in [0.25, 0.3) is 11.3 Å². The van der Waals surface area contributed by atoms with Crippen molar-refractivity contribution >= 4 is 11.6 Å². The van der Waals surface area contributed by atoms with E-state index in [0.717, 1.165) is 11.3 Å². The summed E-state index contributed by atoms with van der Waals surface area (Å²) < 4.78 is 10.7. The summed E-state index contributed by atoms with van der Waals surface area (Å²) in [5.74, 6) is 0.683. The Morgan fingerprint density at radius 2 is 2.17 bits per heavy atom. The number of halogens is 1. The Kier molecular flexibility index (Phi) is 3.13. The van der Waals surface area contributed by atoms with E-state index in [4.69, 9.17) is 21.1 Å². The molecule has 1 fully saturated rings. The Bertz CT molecular complexity index is 544. The third-order valence-corrected chi connectivity index (χ3v) is 3.01. The zero-order valence-corrected chi connectivity index (χ0v) is 10.3. The van der Waals surface area contributed by atoms with Gasteiger partial charge in [0.25, 0.3) is 0 Å². The van der Waals surface area contributed by atoms with Crippen molar-refractivity contribution in [3.8, 4) is 17.0 Å². The average Bonchev–Trinajstić information content (AvgIpc) is 2.36. The molecule has 1 aromatic carbocycles. The first-order valence-electron chi connectivity index (χ1n) is 5.63. The van der Waals surface area contributed by atoms with Crippen molar-refractivity contribution in [1.29, 1.82) is 0 Å². The van der Waals surface area contributed by atoms with Gasteiger partial charge in [-0.05, 0) is 24.3 Å². The monoisotopic (exact) mass is 262 g/mol. The van der Waals surface area contributed by atoms with Crippen LogP contribution in [0.1, 0.15) is 0 Å². The second kappa shape index (κ2) is 4.92.